The summed E-state index contributed by atoms with van der Waals surface area (Å²) < 4.78 is 5.24. The zero-order valence-corrected chi connectivity index (χ0v) is 17.3. The first-order chi connectivity index (χ1) is 14.6. The number of hydrogen-bond acceptors (Lipinski definition) is 6. The van der Waals surface area contributed by atoms with E-state index in [0.29, 0.717) is 32.5 Å². The van der Waals surface area contributed by atoms with E-state index in [1.807, 2.05) is 24.3 Å². The van der Waals surface area contributed by atoms with Crippen molar-refractivity contribution in [3.8, 4) is 0 Å². The zero-order valence-electron chi connectivity index (χ0n) is 17.3. The van der Waals surface area contributed by atoms with Gasteiger partial charge in [0.15, 0.2) is 0 Å². The molecule has 2 fully saturated rings. The maximum absolute atomic E-state index is 12.9. The van der Waals surface area contributed by atoms with Crippen molar-refractivity contribution < 1.29 is 14.0 Å². The molecule has 4 heterocycles. The van der Waals surface area contributed by atoms with Gasteiger partial charge in [0.2, 0.25) is 11.8 Å². The Hall–Kier alpha value is -2.71. The fourth-order valence-electron chi connectivity index (χ4n) is 4.51. The lowest BCUT2D eigenvalue weighted by atomic mass is 10.0. The highest BCUT2D eigenvalue weighted by Crippen LogP contribution is 2.28. The first-order valence-electron chi connectivity index (χ1n) is 10.5. The van der Waals surface area contributed by atoms with Gasteiger partial charge in [0.25, 0.3) is 0 Å². The highest BCUT2D eigenvalue weighted by molar-refractivity contribution is 5.83. The maximum Gasteiger partial charge on any atom is 0.239 e. The van der Waals surface area contributed by atoms with Gasteiger partial charge in [-0.3, -0.25) is 24.4 Å². The van der Waals surface area contributed by atoms with Crippen molar-refractivity contribution in [2.75, 3.05) is 20.1 Å². The second kappa shape index (κ2) is 9.40. The van der Waals surface area contributed by atoms with Gasteiger partial charge in [0, 0.05) is 44.3 Å². The smallest absolute Gasteiger partial charge is 0.239 e. The molecule has 0 unspecified atom stereocenters. The van der Waals surface area contributed by atoms with Gasteiger partial charge in [-0.2, -0.15) is 0 Å². The number of hydrogen-bond donors (Lipinski definition) is 2. The van der Waals surface area contributed by atoms with Gasteiger partial charge >= 0.3 is 0 Å². The van der Waals surface area contributed by atoms with Crippen molar-refractivity contribution in [1.29, 1.82) is 0 Å². The number of likely N-dealkylation sites (N-methyl/N-ethyl adjacent to an activating group) is 1. The summed E-state index contributed by atoms with van der Waals surface area (Å²) in [5, 5.41) is 5.99. The van der Waals surface area contributed by atoms with Crippen LogP contribution in [0.25, 0.3) is 0 Å². The van der Waals surface area contributed by atoms with E-state index in [1.54, 1.807) is 18.5 Å². The average Bonchev–Trinajstić information content (AvgIpc) is 3.40. The van der Waals surface area contributed by atoms with Gasteiger partial charge in [-0.05, 0) is 44.2 Å². The molecule has 2 amide bonds. The average molecular weight is 412 g/mol. The lowest BCUT2D eigenvalue weighted by Gasteiger charge is -2.33. The number of aromatic nitrogens is 1. The second-order valence-electron chi connectivity index (χ2n) is 8.05. The SMILES string of the molecule is CN1[C@@H](CCC(=O)NCc2ccco2)CNC(=O)[C@@H]2[C@@H]1CCN2Cc1ccccn1. The Balaban J connectivity index is 1.33. The van der Waals surface area contributed by atoms with E-state index >= 15 is 0 Å². The zero-order chi connectivity index (χ0) is 20.9. The van der Waals surface area contributed by atoms with Crippen LogP contribution in [-0.4, -0.2) is 64.9 Å². The Kier molecular flexibility index (Phi) is 6.44. The lowest BCUT2D eigenvalue weighted by Crippen LogP contribution is -2.49. The molecule has 0 spiro atoms. The molecule has 0 saturated carbocycles. The Morgan fingerprint density at radius 3 is 3.00 bits per heavy atom. The third kappa shape index (κ3) is 4.71. The van der Waals surface area contributed by atoms with E-state index in [0.717, 1.165) is 24.4 Å². The molecule has 0 aromatic carbocycles. The minimum Gasteiger partial charge on any atom is -0.467 e. The van der Waals surface area contributed by atoms with Crippen molar-refractivity contribution in [1.82, 2.24) is 25.4 Å². The van der Waals surface area contributed by atoms with Crippen LogP contribution in [0.3, 0.4) is 0 Å². The lowest BCUT2D eigenvalue weighted by molar-refractivity contribution is -0.126. The molecule has 8 heteroatoms. The summed E-state index contributed by atoms with van der Waals surface area (Å²) in [6.07, 6.45) is 5.43. The summed E-state index contributed by atoms with van der Waals surface area (Å²) in [6.45, 7) is 2.49. The highest BCUT2D eigenvalue weighted by Gasteiger charge is 2.44. The van der Waals surface area contributed by atoms with Crippen molar-refractivity contribution in [2.24, 2.45) is 0 Å². The van der Waals surface area contributed by atoms with E-state index in [9.17, 15) is 9.59 Å². The number of carbonyl (C=O) groups is 2. The standard InChI is InChI=1S/C22H29N5O3/c1-26-17(7-8-20(28)24-14-18-6-4-12-30-18)13-25-22(29)21-19(26)9-11-27(21)15-16-5-2-3-10-23-16/h2-6,10,12,17,19,21H,7-9,11,13-15H2,1H3,(H,24,28)(H,25,29)/t17-,19-,21-/m0/s1. The van der Waals surface area contributed by atoms with Crippen LogP contribution in [0.15, 0.2) is 47.2 Å². The molecule has 0 aliphatic carbocycles. The molecule has 2 aliphatic heterocycles. The minimum absolute atomic E-state index is 0.00451. The summed E-state index contributed by atoms with van der Waals surface area (Å²) in [4.78, 5) is 34.0. The van der Waals surface area contributed by atoms with E-state index in [4.69, 9.17) is 4.42 Å². The number of pyridine rings is 1. The van der Waals surface area contributed by atoms with Crippen LogP contribution in [0.1, 0.15) is 30.7 Å². The van der Waals surface area contributed by atoms with Crippen LogP contribution >= 0.6 is 0 Å². The number of rotatable bonds is 7. The van der Waals surface area contributed by atoms with Crippen LogP contribution < -0.4 is 10.6 Å². The normalized spacial score (nSPS) is 24.8. The minimum atomic E-state index is -0.185. The fraction of sp³-hybridized carbons (Fsp3) is 0.500. The first kappa shape index (κ1) is 20.6. The van der Waals surface area contributed by atoms with E-state index in [1.165, 1.54) is 0 Å². The molecule has 2 N–H and O–H groups in total. The molecule has 3 atom stereocenters. The molecule has 0 radical (unpaired) electrons. The number of carbonyl (C=O) groups excluding carboxylic acids is 2. The third-order valence-corrected chi connectivity index (χ3v) is 6.19. The molecule has 2 aromatic rings. The molecule has 4 rings (SSSR count). The van der Waals surface area contributed by atoms with Gasteiger partial charge in [-0.25, -0.2) is 0 Å². The Morgan fingerprint density at radius 1 is 1.33 bits per heavy atom. The number of likely N-dealkylation sites (tertiary alicyclic amines) is 1. The van der Waals surface area contributed by atoms with Crippen molar-refractivity contribution in [2.45, 2.75) is 50.5 Å². The molecule has 2 aliphatic rings. The predicted octanol–water partition coefficient (Wildman–Crippen LogP) is 1.14. The number of nitrogens with one attached hydrogen (secondary N) is 2. The van der Waals surface area contributed by atoms with Gasteiger partial charge in [-0.15, -0.1) is 0 Å². The number of nitrogens with zero attached hydrogens (tertiary/aromatic N) is 3. The summed E-state index contributed by atoms with van der Waals surface area (Å²) >= 11 is 0. The molecular formula is C22H29N5O3. The maximum atomic E-state index is 12.9. The Labute approximate surface area is 176 Å². The summed E-state index contributed by atoms with van der Waals surface area (Å²) in [6, 6.07) is 9.61. The number of furan rings is 1. The van der Waals surface area contributed by atoms with Crippen LogP contribution in [0.5, 0.6) is 0 Å². The molecule has 2 saturated heterocycles. The summed E-state index contributed by atoms with van der Waals surface area (Å²) in [7, 11) is 2.08. The molecule has 8 nitrogen and oxygen atoms in total. The predicted molar refractivity (Wildman–Crippen MR) is 111 cm³/mol. The Morgan fingerprint density at radius 2 is 2.23 bits per heavy atom. The molecule has 160 valence electrons. The first-order valence-corrected chi connectivity index (χ1v) is 10.5. The van der Waals surface area contributed by atoms with Crippen LogP contribution in [0.2, 0.25) is 0 Å². The molecule has 30 heavy (non-hydrogen) atoms. The molecular weight excluding hydrogens is 382 g/mol. The fourth-order valence-corrected chi connectivity index (χ4v) is 4.51. The quantitative estimate of drug-likeness (QED) is 0.710. The van der Waals surface area contributed by atoms with E-state index in [2.05, 4.69) is 32.5 Å². The second-order valence-corrected chi connectivity index (χ2v) is 8.05. The number of fused-ring (bicyclic) bond motifs is 1. The van der Waals surface area contributed by atoms with Gasteiger partial charge in [0.05, 0.1) is 18.5 Å². The van der Waals surface area contributed by atoms with E-state index in [-0.39, 0.29) is 29.9 Å². The monoisotopic (exact) mass is 411 g/mol. The van der Waals surface area contributed by atoms with Crippen molar-refractivity contribution in [3.63, 3.8) is 0 Å². The van der Waals surface area contributed by atoms with Crippen LogP contribution in [0.4, 0.5) is 0 Å². The van der Waals surface area contributed by atoms with Gasteiger partial charge in [-0.1, -0.05) is 6.07 Å². The van der Waals surface area contributed by atoms with Crippen LogP contribution in [0, 0.1) is 0 Å². The number of amides is 2. The van der Waals surface area contributed by atoms with Crippen LogP contribution in [-0.2, 0) is 22.7 Å². The van der Waals surface area contributed by atoms with Gasteiger partial charge < -0.3 is 15.1 Å². The summed E-state index contributed by atoms with van der Waals surface area (Å²) in [5.41, 5.74) is 0.975. The largest absolute Gasteiger partial charge is 0.467 e. The molecule has 0 bridgehead atoms. The summed E-state index contributed by atoms with van der Waals surface area (Å²) in [5.74, 6) is 0.809. The van der Waals surface area contributed by atoms with Gasteiger partial charge in [0.1, 0.15) is 11.8 Å². The third-order valence-electron chi connectivity index (χ3n) is 6.19. The van der Waals surface area contributed by atoms with Crippen molar-refractivity contribution >= 4 is 11.8 Å². The highest BCUT2D eigenvalue weighted by atomic mass is 16.3. The Bertz CT molecular complexity index is 842. The van der Waals surface area contributed by atoms with Crippen molar-refractivity contribution in [3.05, 3.63) is 54.2 Å². The van der Waals surface area contributed by atoms with E-state index < -0.39 is 0 Å². The topological polar surface area (TPSA) is 90.7 Å². The molecule has 2 aromatic heterocycles.